The van der Waals surface area contributed by atoms with Crippen LogP contribution in [0.5, 0.6) is 11.5 Å². The summed E-state index contributed by atoms with van der Waals surface area (Å²) in [6, 6.07) is 5.39. The second kappa shape index (κ2) is 6.19. The normalized spacial score (nSPS) is 10.5. The van der Waals surface area contributed by atoms with Crippen LogP contribution < -0.4 is 9.47 Å². The number of hydrogen-bond donors (Lipinski definition) is 1. The third kappa shape index (κ3) is 3.03. The summed E-state index contributed by atoms with van der Waals surface area (Å²) < 4.78 is 15.8. The van der Waals surface area contributed by atoms with Gasteiger partial charge in [0.15, 0.2) is 11.5 Å². The summed E-state index contributed by atoms with van der Waals surface area (Å²) in [6.45, 7) is 4.30. The second-order valence-corrected chi connectivity index (χ2v) is 3.92. The van der Waals surface area contributed by atoms with E-state index >= 15 is 0 Å². The first-order chi connectivity index (χ1) is 9.26. The quantitative estimate of drug-likeness (QED) is 0.857. The van der Waals surface area contributed by atoms with Crippen LogP contribution in [-0.2, 0) is 13.2 Å². The Morgan fingerprint density at radius 1 is 1.26 bits per heavy atom. The molecule has 1 heterocycles. The number of aliphatic hydroxyl groups is 1. The molecule has 1 aromatic heterocycles. The Morgan fingerprint density at radius 2 is 2.11 bits per heavy atom. The van der Waals surface area contributed by atoms with Crippen molar-refractivity contribution >= 4 is 0 Å². The summed E-state index contributed by atoms with van der Waals surface area (Å²) in [5.74, 6) is 1.12. The predicted octanol–water partition coefficient (Wildman–Crippen LogP) is 1.85. The lowest BCUT2D eigenvalue weighted by Crippen LogP contribution is -2.03. The van der Waals surface area contributed by atoms with Gasteiger partial charge in [-0.3, -0.25) is 0 Å². The average molecular weight is 264 g/mol. The molecule has 2 aromatic rings. The van der Waals surface area contributed by atoms with Crippen LogP contribution in [0, 0.1) is 6.92 Å². The lowest BCUT2D eigenvalue weighted by atomic mass is 10.2. The molecular weight excluding hydrogens is 248 g/mol. The molecule has 0 spiro atoms. The topological polar surface area (TPSA) is 77.6 Å². The van der Waals surface area contributed by atoms with Crippen molar-refractivity contribution in [1.82, 2.24) is 10.3 Å². The number of ether oxygens (including phenoxy) is 2. The molecule has 0 bridgehead atoms. The van der Waals surface area contributed by atoms with Gasteiger partial charge in [-0.25, -0.2) is 4.63 Å². The summed E-state index contributed by atoms with van der Waals surface area (Å²) >= 11 is 0. The van der Waals surface area contributed by atoms with Crippen LogP contribution in [0.4, 0.5) is 0 Å². The van der Waals surface area contributed by atoms with Crippen molar-refractivity contribution in [3.8, 4) is 11.5 Å². The van der Waals surface area contributed by atoms with Crippen LogP contribution in [0.1, 0.15) is 23.9 Å². The van der Waals surface area contributed by atoms with Gasteiger partial charge in [0.1, 0.15) is 18.0 Å². The Morgan fingerprint density at radius 3 is 2.74 bits per heavy atom. The summed E-state index contributed by atoms with van der Waals surface area (Å²) in [5.41, 5.74) is 1.97. The molecule has 1 aromatic carbocycles. The van der Waals surface area contributed by atoms with E-state index in [0.717, 1.165) is 0 Å². The van der Waals surface area contributed by atoms with Crippen molar-refractivity contribution in [2.75, 3.05) is 6.61 Å². The minimum absolute atomic E-state index is 0.119. The van der Waals surface area contributed by atoms with Gasteiger partial charge in [-0.15, -0.1) is 0 Å². The highest BCUT2D eigenvalue weighted by atomic mass is 16.6. The zero-order valence-electron chi connectivity index (χ0n) is 10.9. The third-order valence-corrected chi connectivity index (χ3v) is 2.63. The number of nitrogens with zero attached hydrogens (tertiary/aromatic N) is 2. The van der Waals surface area contributed by atoms with E-state index in [4.69, 9.17) is 9.47 Å². The molecule has 0 unspecified atom stereocenters. The van der Waals surface area contributed by atoms with Gasteiger partial charge < -0.3 is 14.6 Å². The number of benzene rings is 1. The molecule has 0 saturated carbocycles. The summed E-state index contributed by atoms with van der Waals surface area (Å²) in [7, 11) is 0. The van der Waals surface area contributed by atoms with Crippen LogP contribution in [0.3, 0.4) is 0 Å². The highest BCUT2D eigenvalue weighted by Crippen LogP contribution is 2.32. The first-order valence-corrected chi connectivity index (χ1v) is 6.02. The average Bonchev–Trinajstić information content (AvgIpc) is 2.83. The van der Waals surface area contributed by atoms with Crippen molar-refractivity contribution in [2.45, 2.75) is 27.1 Å². The van der Waals surface area contributed by atoms with Gasteiger partial charge in [0.25, 0.3) is 0 Å². The highest BCUT2D eigenvalue weighted by molar-refractivity contribution is 5.46. The number of aryl methyl sites for hydroxylation is 1. The molecule has 0 atom stereocenters. The molecule has 0 amide bonds. The fourth-order valence-electron chi connectivity index (χ4n) is 1.64. The predicted molar refractivity (Wildman–Crippen MR) is 66.9 cm³/mol. The Kier molecular flexibility index (Phi) is 4.35. The molecule has 0 saturated heterocycles. The minimum atomic E-state index is -0.119. The van der Waals surface area contributed by atoms with Crippen molar-refractivity contribution in [3.05, 3.63) is 35.2 Å². The van der Waals surface area contributed by atoms with Crippen LogP contribution in [-0.4, -0.2) is 22.0 Å². The van der Waals surface area contributed by atoms with Crippen molar-refractivity contribution in [3.63, 3.8) is 0 Å². The first kappa shape index (κ1) is 13.4. The van der Waals surface area contributed by atoms with E-state index in [0.29, 0.717) is 35.1 Å². The molecule has 1 N–H and O–H groups in total. The molecule has 6 nitrogen and oxygen atoms in total. The SMILES string of the molecule is CCOc1cccc(CO)c1OCc1nonc1C. The summed E-state index contributed by atoms with van der Waals surface area (Å²) in [5, 5.41) is 16.8. The molecule has 0 aliphatic carbocycles. The van der Waals surface area contributed by atoms with Crippen molar-refractivity contribution in [1.29, 1.82) is 0 Å². The number of aromatic nitrogens is 2. The van der Waals surface area contributed by atoms with E-state index < -0.39 is 0 Å². The monoisotopic (exact) mass is 264 g/mol. The molecule has 102 valence electrons. The van der Waals surface area contributed by atoms with E-state index in [1.165, 1.54) is 0 Å². The van der Waals surface area contributed by atoms with Gasteiger partial charge in [0.2, 0.25) is 0 Å². The summed E-state index contributed by atoms with van der Waals surface area (Å²) in [6.07, 6.45) is 0. The van der Waals surface area contributed by atoms with Gasteiger partial charge in [-0.1, -0.05) is 22.4 Å². The van der Waals surface area contributed by atoms with Gasteiger partial charge >= 0.3 is 0 Å². The Hall–Kier alpha value is -2.08. The Bertz CT molecular complexity index is 539. The first-order valence-electron chi connectivity index (χ1n) is 6.02. The van der Waals surface area contributed by atoms with Crippen molar-refractivity contribution < 1.29 is 19.2 Å². The zero-order chi connectivity index (χ0) is 13.7. The fraction of sp³-hybridized carbons (Fsp3) is 0.385. The second-order valence-electron chi connectivity index (χ2n) is 3.92. The molecule has 0 radical (unpaired) electrons. The highest BCUT2D eigenvalue weighted by Gasteiger charge is 2.13. The van der Waals surface area contributed by atoms with E-state index in [2.05, 4.69) is 14.9 Å². The van der Waals surface area contributed by atoms with Crippen LogP contribution in [0.25, 0.3) is 0 Å². The maximum absolute atomic E-state index is 9.34. The lowest BCUT2D eigenvalue weighted by Gasteiger charge is -2.14. The smallest absolute Gasteiger partial charge is 0.167 e. The number of para-hydroxylation sites is 1. The van der Waals surface area contributed by atoms with Crippen LogP contribution in [0.15, 0.2) is 22.8 Å². The molecule has 2 rings (SSSR count). The third-order valence-electron chi connectivity index (χ3n) is 2.63. The maximum atomic E-state index is 9.34. The van der Waals surface area contributed by atoms with E-state index in [-0.39, 0.29) is 13.2 Å². The van der Waals surface area contributed by atoms with Crippen LogP contribution in [0.2, 0.25) is 0 Å². The van der Waals surface area contributed by atoms with E-state index in [1.54, 1.807) is 19.1 Å². The molecule has 19 heavy (non-hydrogen) atoms. The standard InChI is InChI=1S/C13H16N2O4/c1-3-17-12-6-4-5-10(7-16)13(12)18-8-11-9(2)14-19-15-11/h4-6,16H,3,7-8H2,1-2H3. The van der Waals surface area contributed by atoms with Gasteiger partial charge in [-0.05, 0) is 19.9 Å². The minimum Gasteiger partial charge on any atom is -0.490 e. The molecule has 0 fully saturated rings. The van der Waals surface area contributed by atoms with E-state index in [1.807, 2.05) is 13.0 Å². The summed E-state index contributed by atoms with van der Waals surface area (Å²) in [4.78, 5) is 0. The van der Waals surface area contributed by atoms with Crippen molar-refractivity contribution in [2.24, 2.45) is 0 Å². The van der Waals surface area contributed by atoms with Gasteiger partial charge in [0, 0.05) is 5.56 Å². The Balaban J connectivity index is 2.20. The lowest BCUT2D eigenvalue weighted by molar-refractivity contribution is 0.235. The van der Waals surface area contributed by atoms with E-state index in [9.17, 15) is 5.11 Å². The van der Waals surface area contributed by atoms with Gasteiger partial charge in [0.05, 0.1) is 13.2 Å². The number of aliphatic hydroxyl groups excluding tert-OH is 1. The molecule has 0 aliphatic heterocycles. The van der Waals surface area contributed by atoms with Gasteiger partial charge in [-0.2, -0.15) is 0 Å². The fourth-order valence-corrected chi connectivity index (χ4v) is 1.64. The molecular formula is C13H16N2O4. The number of hydrogen-bond acceptors (Lipinski definition) is 6. The molecule has 6 heteroatoms. The molecule has 0 aliphatic rings. The Labute approximate surface area is 110 Å². The maximum Gasteiger partial charge on any atom is 0.167 e. The zero-order valence-corrected chi connectivity index (χ0v) is 10.9. The van der Waals surface area contributed by atoms with Crippen LogP contribution >= 0.6 is 0 Å². The number of rotatable bonds is 6. The largest absolute Gasteiger partial charge is 0.490 e.